The monoisotopic (exact) mass is 186 g/mol. The van der Waals surface area contributed by atoms with Crippen molar-refractivity contribution in [3.8, 4) is 0 Å². The van der Waals surface area contributed by atoms with E-state index in [9.17, 15) is 5.11 Å². The Kier molecular flexibility index (Phi) is 8.53. The number of hydrogen-bond donors (Lipinski definition) is 1. The summed E-state index contributed by atoms with van der Waals surface area (Å²) in [6, 6.07) is 0. The number of unbranched alkanes of at least 4 members (excludes halogenated alkanes) is 5. The molecule has 0 saturated carbocycles. The Morgan fingerprint density at radius 3 is 2.00 bits per heavy atom. The summed E-state index contributed by atoms with van der Waals surface area (Å²) in [6.07, 6.45) is 8.80. The molecule has 0 aromatic heterocycles. The normalized spacial score (nSPS) is 13.6. The molecule has 13 heavy (non-hydrogen) atoms. The Morgan fingerprint density at radius 2 is 1.46 bits per heavy atom. The minimum Gasteiger partial charge on any atom is -0.393 e. The van der Waals surface area contributed by atoms with Crippen molar-refractivity contribution < 1.29 is 5.11 Å². The van der Waals surface area contributed by atoms with Crippen molar-refractivity contribution >= 4 is 0 Å². The summed E-state index contributed by atoms with van der Waals surface area (Å²) in [5.74, 6) is 0.427. The molecule has 0 aliphatic heterocycles. The number of aliphatic hydroxyl groups excluding tert-OH is 1. The minimum atomic E-state index is -0.0776. The van der Waals surface area contributed by atoms with E-state index in [4.69, 9.17) is 0 Å². The van der Waals surface area contributed by atoms with Crippen LogP contribution in [-0.4, -0.2) is 11.2 Å². The van der Waals surface area contributed by atoms with E-state index in [-0.39, 0.29) is 6.10 Å². The molecular weight excluding hydrogens is 160 g/mol. The molecule has 0 aliphatic rings. The van der Waals surface area contributed by atoms with E-state index in [0.717, 1.165) is 6.42 Å². The van der Waals surface area contributed by atoms with Crippen LogP contribution < -0.4 is 0 Å². The van der Waals surface area contributed by atoms with Gasteiger partial charge in [0.15, 0.2) is 0 Å². The molecule has 1 nitrogen and oxygen atoms in total. The van der Waals surface area contributed by atoms with Gasteiger partial charge in [-0.3, -0.25) is 0 Å². The van der Waals surface area contributed by atoms with Gasteiger partial charge < -0.3 is 5.11 Å². The van der Waals surface area contributed by atoms with Crippen LogP contribution in [0, 0.1) is 5.92 Å². The van der Waals surface area contributed by atoms with E-state index in [1.807, 2.05) is 0 Å². The van der Waals surface area contributed by atoms with Crippen LogP contribution in [0.1, 0.15) is 65.7 Å². The Bertz CT molecular complexity index is 99.3. The first-order valence-corrected chi connectivity index (χ1v) is 5.86. The highest BCUT2D eigenvalue weighted by atomic mass is 16.3. The van der Waals surface area contributed by atoms with Crippen LogP contribution in [0.4, 0.5) is 0 Å². The van der Waals surface area contributed by atoms with Crippen molar-refractivity contribution in [2.75, 3.05) is 0 Å². The molecule has 0 spiro atoms. The predicted octanol–water partition coefficient (Wildman–Crippen LogP) is 3.75. The largest absolute Gasteiger partial charge is 0.393 e. The molecule has 0 heterocycles. The summed E-state index contributed by atoms with van der Waals surface area (Å²) in [4.78, 5) is 0. The molecule has 0 aromatic rings. The lowest BCUT2D eigenvalue weighted by Crippen LogP contribution is -2.13. The molecule has 0 unspecified atom stereocenters. The molecule has 0 rings (SSSR count). The van der Waals surface area contributed by atoms with Gasteiger partial charge in [0.1, 0.15) is 0 Å². The third-order valence-electron chi connectivity index (χ3n) is 2.62. The average Bonchev–Trinajstić information content (AvgIpc) is 2.10. The Hall–Kier alpha value is -0.0400. The Morgan fingerprint density at radius 1 is 0.923 bits per heavy atom. The standard InChI is InChI=1S/C12H26O/c1-4-5-6-7-8-9-10-12(13)11(2)3/h11-13H,4-10H2,1-3H3/t12-/m1/s1. The van der Waals surface area contributed by atoms with Crippen LogP contribution >= 0.6 is 0 Å². The molecule has 80 valence electrons. The summed E-state index contributed by atoms with van der Waals surface area (Å²) in [6.45, 7) is 6.41. The molecular formula is C12H26O. The highest BCUT2D eigenvalue weighted by molar-refractivity contribution is 4.59. The van der Waals surface area contributed by atoms with Crippen molar-refractivity contribution in [3.63, 3.8) is 0 Å². The molecule has 0 amide bonds. The maximum absolute atomic E-state index is 9.53. The number of aliphatic hydroxyl groups is 1. The summed E-state index contributed by atoms with van der Waals surface area (Å²) >= 11 is 0. The van der Waals surface area contributed by atoms with E-state index in [1.165, 1.54) is 38.5 Å². The zero-order chi connectivity index (χ0) is 10.1. The van der Waals surface area contributed by atoms with Gasteiger partial charge in [-0.2, -0.15) is 0 Å². The van der Waals surface area contributed by atoms with Gasteiger partial charge in [0.2, 0.25) is 0 Å². The fourth-order valence-electron chi connectivity index (χ4n) is 1.47. The Labute approximate surface area is 83.5 Å². The van der Waals surface area contributed by atoms with Gasteiger partial charge in [0.25, 0.3) is 0 Å². The number of hydrogen-bond acceptors (Lipinski definition) is 1. The van der Waals surface area contributed by atoms with E-state index in [2.05, 4.69) is 20.8 Å². The lowest BCUT2D eigenvalue weighted by Gasteiger charge is -2.13. The third-order valence-corrected chi connectivity index (χ3v) is 2.62. The molecule has 0 aliphatic carbocycles. The third kappa shape index (κ3) is 8.29. The second-order valence-electron chi connectivity index (χ2n) is 4.37. The van der Waals surface area contributed by atoms with E-state index < -0.39 is 0 Å². The van der Waals surface area contributed by atoms with Crippen LogP contribution in [0.3, 0.4) is 0 Å². The summed E-state index contributed by atoms with van der Waals surface area (Å²) < 4.78 is 0. The zero-order valence-electron chi connectivity index (χ0n) is 9.55. The van der Waals surface area contributed by atoms with Crippen molar-refractivity contribution in [1.82, 2.24) is 0 Å². The van der Waals surface area contributed by atoms with Gasteiger partial charge >= 0.3 is 0 Å². The van der Waals surface area contributed by atoms with Crippen LogP contribution in [0.15, 0.2) is 0 Å². The molecule has 0 radical (unpaired) electrons. The van der Waals surface area contributed by atoms with Crippen LogP contribution in [0.25, 0.3) is 0 Å². The predicted molar refractivity (Wildman–Crippen MR) is 58.8 cm³/mol. The fourth-order valence-corrected chi connectivity index (χ4v) is 1.47. The van der Waals surface area contributed by atoms with E-state index >= 15 is 0 Å². The van der Waals surface area contributed by atoms with Crippen molar-refractivity contribution in [1.29, 1.82) is 0 Å². The first-order chi connectivity index (χ1) is 6.18. The maximum atomic E-state index is 9.53. The second kappa shape index (κ2) is 8.55. The molecule has 0 saturated heterocycles. The van der Waals surface area contributed by atoms with Gasteiger partial charge in [0.05, 0.1) is 6.10 Å². The molecule has 0 aromatic carbocycles. The quantitative estimate of drug-likeness (QED) is 0.572. The summed E-state index contributed by atoms with van der Waals surface area (Å²) in [7, 11) is 0. The highest BCUT2D eigenvalue weighted by Gasteiger charge is 2.07. The van der Waals surface area contributed by atoms with Gasteiger partial charge in [-0.05, 0) is 12.3 Å². The molecule has 0 fully saturated rings. The first-order valence-electron chi connectivity index (χ1n) is 5.86. The van der Waals surface area contributed by atoms with Gasteiger partial charge in [0, 0.05) is 0 Å². The molecule has 1 heteroatoms. The number of rotatable bonds is 8. The maximum Gasteiger partial charge on any atom is 0.0563 e. The van der Waals surface area contributed by atoms with Gasteiger partial charge in [-0.15, -0.1) is 0 Å². The zero-order valence-corrected chi connectivity index (χ0v) is 9.55. The minimum absolute atomic E-state index is 0.0776. The average molecular weight is 186 g/mol. The van der Waals surface area contributed by atoms with Crippen molar-refractivity contribution in [3.05, 3.63) is 0 Å². The summed E-state index contributed by atoms with van der Waals surface area (Å²) in [5, 5.41) is 9.53. The van der Waals surface area contributed by atoms with Gasteiger partial charge in [-0.1, -0.05) is 59.3 Å². The summed E-state index contributed by atoms with van der Waals surface area (Å²) in [5.41, 5.74) is 0. The fraction of sp³-hybridized carbons (Fsp3) is 1.00. The molecule has 1 atom stereocenters. The Balaban J connectivity index is 3.07. The van der Waals surface area contributed by atoms with Crippen LogP contribution in [-0.2, 0) is 0 Å². The van der Waals surface area contributed by atoms with Crippen molar-refractivity contribution in [2.45, 2.75) is 71.8 Å². The van der Waals surface area contributed by atoms with E-state index in [0.29, 0.717) is 5.92 Å². The van der Waals surface area contributed by atoms with Crippen LogP contribution in [0.5, 0.6) is 0 Å². The lowest BCUT2D eigenvalue weighted by atomic mass is 10.0. The highest BCUT2D eigenvalue weighted by Crippen LogP contribution is 2.12. The SMILES string of the molecule is CCCCCCCC[C@@H](O)C(C)C. The van der Waals surface area contributed by atoms with Gasteiger partial charge in [-0.25, -0.2) is 0 Å². The second-order valence-corrected chi connectivity index (χ2v) is 4.37. The smallest absolute Gasteiger partial charge is 0.0563 e. The first kappa shape index (κ1) is 13.0. The van der Waals surface area contributed by atoms with Crippen molar-refractivity contribution in [2.24, 2.45) is 5.92 Å². The lowest BCUT2D eigenvalue weighted by molar-refractivity contribution is 0.113. The topological polar surface area (TPSA) is 20.2 Å². The van der Waals surface area contributed by atoms with E-state index in [1.54, 1.807) is 0 Å². The molecule has 1 N–H and O–H groups in total. The molecule has 0 bridgehead atoms. The van der Waals surface area contributed by atoms with Crippen LogP contribution in [0.2, 0.25) is 0 Å².